The highest BCUT2D eigenvalue weighted by molar-refractivity contribution is 5.97. The smallest absolute Gasteiger partial charge is 0.272 e. The number of hydrogen-bond acceptors (Lipinski definition) is 4. The van der Waals surface area contributed by atoms with Crippen LogP contribution in [0.2, 0.25) is 0 Å². The molecular formula is C16H26N4O. The van der Waals surface area contributed by atoms with Gasteiger partial charge in [0, 0.05) is 19.0 Å². The van der Waals surface area contributed by atoms with Gasteiger partial charge in [-0.1, -0.05) is 20.8 Å². The van der Waals surface area contributed by atoms with Crippen molar-refractivity contribution >= 4 is 11.6 Å². The Balaban J connectivity index is 2.09. The van der Waals surface area contributed by atoms with E-state index in [0.29, 0.717) is 23.1 Å². The molecular weight excluding hydrogens is 264 g/mol. The highest BCUT2D eigenvalue weighted by Gasteiger charge is 2.28. The largest absolute Gasteiger partial charge is 0.382 e. The molecule has 1 saturated carbocycles. The molecule has 1 atom stereocenters. The fourth-order valence-electron chi connectivity index (χ4n) is 2.34. The second kappa shape index (κ2) is 6.87. The number of aromatic nitrogens is 2. The molecule has 2 N–H and O–H groups in total. The SMILES string of the molecule is CCNc1cnc(C(C)C)nc1C(=O)NCC(C)C1CC1. The van der Waals surface area contributed by atoms with Crippen LogP contribution in [0, 0.1) is 11.8 Å². The maximum atomic E-state index is 12.4. The minimum Gasteiger partial charge on any atom is -0.382 e. The zero-order valence-electron chi connectivity index (χ0n) is 13.4. The lowest BCUT2D eigenvalue weighted by Crippen LogP contribution is -2.30. The van der Waals surface area contributed by atoms with Gasteiger partial charge in [0.1, 0.15) is 5.82 Å². The van der Waals surface area contributed by atoms with E-state index in [0.717, 1.165) is 19.0 Å². The number of carbonyl (C=O) groups is 1. The Morgan fingerprint density at radius 3 is 2.67 bits per heavy atom. The Morgan fingerprint density at radius 2 is 2.10 bits per heavy atom. The number of nitrogens with zero attached hydrogens (tertiary/aromatic N) is 2. The van der Waals surface area contributed by atoms with Crippen LogP contribution in [0.1, 0.15) is 62.8 Å². The maximum Gasteiger partial charge on any atom is 0.272 e. The van der Waals surface area contributed by atoms with Gasteiger partial charge in [-0.05, 0) is 31.6 Å². The standard InChI is InChI=1S/C16H26N4O/c1-5-17-13-9-18-15(10(2)3)20-14(13)16(21)19-8-11(4)12-6-7-12/h9-12,17H,5-8H2,1-4H3,(H,19,21). The lowest BCUT2D eigenvalue weighted by Gasteiger charge is -2.14. The summed E-state index contributed by atoms with van der Waals surface area (Å²) in [6.45, 7) is 9.70. The number of nitrogens with one attached hydrogen (secondary N) is 2. The molecule has 0 aliphatic heterocycles. The van der Waals surface area contributed by atoms with E-state index < -0.39 is 0 Å². The molecule has 1 fully saturated rings. The molecule has 2 rings (SSSR count). The van der Waals surface area contributed by atoms with Crippen molar-refractivity contribution in [2.24, 2.45) is 11.8 Å². The molecule has 5 heteroatoms. The Bertz CT molecular complexity index is 497. The molecule has 1 amide bonds. The van der Waals surface area contributed by atoms with E-state index in [1.165, 1.54) is 12.8 Å². The summed E-state index contributed by atoms with van der Waals surface area (Å²) in [7, 11) is 0. The van der Waals surface area contributed by atoms with Gasteiger partial charge in [0.2, 0.25) is 0 Å². The van der Waals surface area contributed by atoms with Crippen molar-refractivity contribution in [2.45, 2.75) is 46.5 Å². The molecule has 0 saturated heterocycles. The summed E-state index contributed by atoms with van der Waals surface area (Å²) in [5, 5.41) is 6.18. The van der Waals surface area contributed by atoms with Crippen molar-refractivity contribution in [3.05, 3.63) is 17.7 Å². The average Bonchev–Trinajstić information content (AvgIpc) is 3.29. The summed E-state index contributed by atoms with van der Waals surface area (Å²) in [6.07, 6.45) is 4.31. The molecule has 1 heterocycles. The minimum atomic E-state index is -0.109. The van der Waals surface area contributed by atoms with Crippen molar-refractivity contribution in [3.63, 3.8) is 0 Å². The minimum absolute atomic E-state index is 0.109. The third-order valence-corrected chi connectivity index (χ3v) is 3.92. The van der Waals surface area contributed by atoms with Crippen LogP contribution in [0.25, 0.3) is 0 Å². The lowest BCUT2D eigenvalue weighted by atomic mass is 10.1. The van der Waals surface area contributed by atoms with Gasteiger partial charge in [-0.2, -0.15) is 0 Å². The first-order valence-corrected chi connectivity index (χ1v) is 7.91. The van der Waals surface area contributed by atoms with Crippen LogP contribution in [-0.4, -0.2) is 29.0 Å². The zero-order chi connectivity index (χ0) is 15.4. The predicted octanol–water partition coefficient (Wildman–Crippen LogP) is 2.81. The molecule has 1 aromatic rings. The van der Waals surface area contributed by atoms with Gasteiger partial charge in [-0.15, -0.1) is 0 Å². The fraction of sp³-hybridized carbons (Fsp3) is 0.688. The third-order valence-electron chi connectivity index (χ3n) is 3.92. The van der Waals surface area contributed by atoms with Crippen molar-refractivity contribution in [1.82, 2.24) is 15.3 Å². The predicted molar refractivity (Wildman–Crippen MR) is 84.5 cm³/mol. The van der Waals surface area contributed by atoms with E-state index >= 15 is 0 Å². The van der Waals surface area contributed by atoms with Gasteiger partial charge in [0.25, 0.3) is 5.91 Å². The second-order valence-corrected chi connectivity index (χ2v) is 6.20. The summed E-state index contributed by atoms with van der Waals surface area (Å²) in [4.78, 5) is 21.2. The van der Waals surface area contributed by atoms with Gasteiger partial charge in [-0.25, -0.2) is 9.97 Å². The molecule has 116 valence electrons. The first-order valence-electron chi connectivity index (χ1n) is 7.91. The number of rotatable bonds is 7. The van der Waals surface area contributed by atoms with Gasteiger partial charge in [0.05, 0.1) is 11.9 Å². The molecule has 21 heavy (non-hydrogen) atoms. The van der Waals surface area contributed by atoms with E-state index in [-0.39, 0.29) is 11.8 Å². The van der Waals surface area contributed by atoms with Gasteiger partial charge in [-0.3, -0.25) is 4.79 Å². The number of hydrogen-bond donors (Lipinski definition) is 2. The molecule has 1 aliphatic carbocycles. The average molecular weight is 290 g/mol. The van der Waals surface area contributed by atoms with Gasteiger partial charge < -0.3 is 10.6 Å². The first kappa shape index (κ1) is 15.7. The summed E-state index contributed by atoms with van der Waals surface area (Å²) < 4.78 is 0. The van der Waals surface area contributed by atoms with Crippen molar-refractivity contribution in [3.8, 4) is 0 Å². The third kappa shape index (κ3) is 4.16. The van der Waals surface area contributed by atoms with Crippen molar-refractivity contribution < 1.29 is 4.79 Å². The number of anilines is 1. The Morgan fingerprint density at radius 1 is 1.38 bits per heavy atom. The molecule has 0 bridgehead atoms. The Hall–Kier alpha value is -1.65. The van der Waals surface area contributed by atoms with Crippen LogP contribution in [0.15, 0.2) is 6.20 Å². The van der Waals surface area contributed by atoms with Crippen LogP contribution in [-0.2, 0) is 0 Å². The van der Waals surface area contributed by atoms with Crippen LogP contribution >= 0.6 is 0 Å². The molecule has 1 aliphatic rings. The van der Waals surface area contributed by atoms with Crippen LogP contribution in [0.5, 0.6) is 0 Å². The van der Waals surface area contributed by atoms with Crippen molar-refractivity contribution in [1.29, 1.82) is 0 Å². The number of amides is 1. The molecule has 0 radical (unpaired) electrons. The lowest BCUT2D eigenvalue weighted by molar-refractivity contribution is 0.0942. The van der Waals surface area contributed by atoms with E-state index in [2.05, 4.69) is 27.5 Å². The second-order valence-electron chi connectivity index (χ2n) is 6.20. The van der Waals surface area contributed by atoms with E-state index in [4.69, 9.17) is 0 Å². The van der Waals surface area contributed by atoms with E-state index in [1.54, 1.807) is 6.20 Å². The summed E-state index contributed by atoms with van der Waals surface area (Å²) >= 11 is 0. The normalized spacial score (nSPS) is 15.9. The van der Waals surface area contributed by atoms with Crippen LogP contribution < -0.4 is 10.6 Å². The van der Waals surface area contributed by atoms with Crippen LogP contribution in [0.3, 0.4) is 0 Å². The fourth-order valence-corrected chi connectivity index (χ4v) is 2.34. The molecule has 0 spiro atoms. The van der Waals surface area contributed by atoms with E-state index in [1.807, 2.05) is 20.8 Å². The maximum absolute atomic E-state index is 12.4. The van der Waals surface area contributed by atoms with E-state index in [9.17, 15) is 4.79 Å². The zero-order valence-corrected chi connectivity index (χ0v) is 13.4. The molecule has 0 aromatic carbocycles. The monoisotopic (exact) mass is 290 g/mol. The summed E-state index contributed by atoms with van der Waals surface area (Å²) in [5.74, 6) is 2.13. The Kier molecular flexibility index (Phi) is 5.15. The summed E-state index contributed by atoms with van der Waals surface area (Å²) in [5.41, 5.74) is 1.16. The van der Waals surface area contributed by atoms with Gasteiger partial charge >= 0.3 is 0 Å². The first-order chi connectivity index (χ1) is 10.0. The van der Waals surface area contributed by atoms with Crippen LogP contribution in [0.4, 0.5) is 5.69 Å². The highest BCUT2D eigenvalue weighted by atomic mass is 16.1. The quantitative estimate of drug-likeness (QED) is 0.810. The topological polar surface area (TPSA) is 66.9 Å². The number of carbonyl (C=O) groups excluding carboxylic acids is 1. The van der Waals surface area contributed by atoms with Gasteiger partial charge in [0.15, 0.2) is 5.69 Å². The molecule has 1 unspecified atom stereocenters. The van der Waals surface area contributed by atoms with Crippen molar-refractivity contribution in [2.75, 3.05) is 18.4 Å². The molecule has 1 aromatic heterocycles. The highest BCUT2D eigenvalue weighted by Crippen LogP contribution is 2.36. The molecule has 5 nitrogen and oxygen atoms in total. The Labute approximate surface area is 127 Å². The summed E-state index contributed by atoms with van der Waals surface area (Å²) in [6, 6.07) is 0.